The SMILES string of the molecule is O=C(NCCCn1cnc2ccccc21)C(c1ccccc1)N1CCCCC1=O. The van der Waals surface area contributed by atoms with Crippen LogP contribution >= 0.6 is 0 Å². The van der Waals surface area contributed by atoms with Crippen LogP contribution < -0.4 is 5.32 Å². The third-order valence-corrected chi connectivity index (χ3v) is 5.44. The quantitative estimate of drug-likeness (QED) is 0.630. The normalized spacial score (nSPS) is 15.4. The monoisotopic (exact) mass is 390 g/mol. The first-order valence-corrected chi connectivity index (χ1v) is 10.3. The van der Waals surface area contributed by atoms with Crippen LogP contribution in [-0.4, -0.2) is 39.4 Å². The molecule has 1 aromatic heterocycles. The molecular formula is C23H26N4O2. The minimum absolute atomic E-state index is 0.0603. The van der Waals surface area contributed by atoms with E-state index in [2.05, 4.69) is 14.9 Å². The summed E-state index contributed by atoms with van der Waals surface area (Å²) in [5.74, 6) is -0.0490. The van der Waals surface area contributed by atoms with Crippen LogP contribution in [0.1, 0.15) is 37.3 Å². The Morgan fingerprint density at radius 1 is 1.07 bits per heavy atom. The number of carbonyl (C=O) groups excluding carboxylic acids is 2. The molecule has 1 aliphatic rings. The number of piperidine rings is 1. The Kier molecular flexibility index (Phi) is 5.89. The third-order valence-electron chi connectivity index (χ3n) is 5.44. The van der Waals surface area contributed by atoms with Gasteiger partial charge in [-0.1, -0.05) is 42.5 Å². The van der Waals surface area contributed by atoms with Gasteiger partial charge in [-0.05, 0) is 37.0 Å². The first-order valence-electron chi connectivity index (χ1n) is 10.3. The number of imidazole rings is 1. The second-order valence-corrected chi connectivity index (χ2v) is 7.43. The number of hydrogen-bond acceptors (Lipinski definition) is 3. The zero-order valence-electron chi connectivity index (χ0n) is 16.5. The Balaban J connectivity index is 1.39. The van der Waals surface area contributed by atoms with Crippen molar-refractivity contribution in [3.05, 3.63) is 66.5 Å². The summed E-state index contributed by atoms with van der Waals surface area (Å²) in [5.41, 5.74) is 2.94. The van der Waals surface area contributed by atoms with Crippen molar-refractivity contribution in [2.45, 2.75) is 38.3 Å². The first-order chi connectivity index (χ1) is 14.2. The molecule has 0 bridgehead atoms. The number of benzene rings is 2. The zero-order chi connectivity index (χ0) is 20.1. The van der Waals surface area contributed by atoms with Crippen molar-refractivity contribution < 1.29 is 9.59 Å². The van der Waals surface area contributed by atoms with Gasteiger partial charge in [-0.2, -0.15) is 0 Å². The number of nitrogens with one attached hydrogen (secondary N) is 1. The highest BCUT2D eigenvalue weighted by atomic mass is 16.2. The minimum Gasteiger partial charge on any atom is -0.354 e. The van der Waals surface area contributed by atoms with E-state index in [1.54, 1.807) is 4.90 Å². The van der Waals surface area contributed by atoms with Crippen LogP contribution in [-0.2, 0) is 16.1 Å². The Bertz CT molecular complexity index is 983. The van der Waals surface area contributed by atoms with Gasteiger partial charge in [0, 0.05) is 26.1 Å². The third kappa shape index (κ3) is 4.31. The van der Waals surface area contributed by atoms with Crippen LogP contribution in [0.15, 0.2) is 60.9 Å². The largest absolute Gasteiger partial charge is 0.354 e. The van der Waals surface area contributed by atoms with Crippen LogP contribution in [0.5, 0.6) is 0 Å². The van der Waals surface area contributed by atoms with Crippen molar-refractivity contribution in [2.75, 3.05) is 13.1 Å². The fourth-order valence-corrected chi connectivity index (χ4v) is 3.95. The Morgan fingerprint density at radius 3 is 2.69 bits per heavy atom. The van der Waals surface area contributed by atoms with Gasteiger partial charge >= 0.3 is 0 Å². The van der Waals surface area contributed by atoms with Crippen LogP contribution in [0.4, 0.5) is 0 Å². The molecule has 1 saturated heterocycles. The average molecular weight is 390 g/mol. The standard InChI is InChI=1S/C23H26N4O2/c28-21-13-6-7-16-27(21)22(18-9-2-1-3-10-18)23(29)24-14-8-15-26-17-25-19-11-4-5-12-20(19)26/h1-5,9-12,17,22H,6-8,13-16H2,(H,24,29). The molecular weight excluding hydrogens is 364 g/mol. The van der Waals surface area contributed by atoms with Crippen molar-refractivity contribution in [1.29, 1.82) is 0 Å². The molecule has 0 saturated carbocycles. The number of aryl methyl sites for hydroxylation is 1. The van der Waals surface area contributed by atoms with Gasteiger partial charge in [0.05, 0.1) is 17.4 Å². The number of hydrogen-bond donors (Lipinski definition) is 1. The van der Waals surface area contributed by atoms with E-state index in [0.717, 1.165) is 42.4 Å². The summed E-state index contributed by atoms with van der Waals surface area (Å²) in [6.45, 7) is 1.96. The van der Waals surface area contributed by atoms with E-state index in [0.29, 0.717) is 19.5 Å². The van der Waals surface area contributed by atoms with Crippen LogP contribution in [0.3, 0.4) is 0 Å². The summed E-state index contributed by atoms with van der Waals surface area (Å²) >= 11 is 0. The Morgan fingerprint density at radius 2 is 1.86 bits per heavy atom. The zero-order valence-corrected chi connectivity index (χ0v) is 16.5. The van der Waals surface area contributed by atoms with Gasteiger partial charge in [-0.15, -0.1) is 0 Å². The van der Waals surface area contributed by atoms with E-state index in [1.807, 2.05) is 60.9 Å². The van der Waals surface area contributed by atoms with Gasteiger partial charge in [0.1, 0.15) is 6.04 Å². The maximum Gasteiger partial charge on any atom is 0.247 e. The number of nitrogens with zero attached hydrogens (tertiary/aromatic N) is 3. The Hall–Kier alpha value is -3.15. The number of aromatic nitrogens is 2. The summed E-state index contributed by atoms with van der Waals surface area (Å²) in [5, 5.41) is 3.04. The molecule has 1 fully saturated rings. The van der Waals surface area contributed by atoms with Gasteiger partial charge in [0.2, 0.25) is 11.8 Å². The summed E-state index contributed by atoms with van der Waals surface area (Å²) < 4.78 is 2.10. The van der Waals surface area contributed by atoms with Gasteiger partial charge in [-0.3, -0.25) is 9.59 Å². The molecule has 2 amide bonds. The molecule has 6 heteroatoms. The number of para-hydroxylation sites is 2. The molecule has 29 heavy (non-hydrogen) atoms. The highest BCUT2D eigenvalue weighted by molar-refractivity contribution is 5.89. The van der Waals surface area contributed by atoms with Gasteiger partial charge in [0.25, 0.3) is 0 Å². The van der Waals surface area contributed by atoms with E-state index in [-0.39, 0.29) is 11.8 Å². The van der Waals surface area contributed by atoms with Crippen molar-refractivity contribution in [1.82, 2.24) is 19.8 Å². The molecule has 2 heterocycles. The highest BCUT2D eigenvalue weighted by Crippen LogP contribution is 2.25. The van der Waals surface area contributed by atoms with Crippen LogP contribution in [0.2, 0.25) is 0 Å². The fraction of sp³-hybridized carbons (Fsp3) is 0.348. The van der Waals surface area contributed by atoms with Crippen molar-refractivity contribution in [3.63, 3.8) is 0 Å². The number of fused-ring (bicyclic) bond motifs is 1. The molecule has 3 aromatic rings. The molecule has 0 aliphatic carbocycles. The predicted octanol–water partition coefficient (Wildman–Crippen LogP) is 3.30. The molecule has 1 aliphatic heterocycles. The fourth-order valence-electron chi connectivity index (χ4n) is 3.95. The molecule has 6 nitrogen and oxygen atoms in total. The molecule has 1 N–H and O–H groups in total. The van der Waals surface area contributed by atoms with Crippen LogP contribution in [0, 0.1) is 0 Å². The molecule has 0 spiro atoms. The van der Waals surface area contributed by atoms with Gasteiger partial charge in [0.15, 0.2) is 0 Å². The van der Waals surface area contributed by atoms with E-state index >= 15 is 0 Å². The maximum absolute atomic E-state index is 13.0. The topological polar surface area (TPSA) is 67.2 Å². The summed E-state index contributed by atoms with van der Waals surface area (Å²) in [4.78, 5) is 31.6. The summed E-state index contributed by atoms with van der Waals surface area (Å²) in [7, 11) is 0. The summed E-state index contributed by atoms with van der Waals surface area (Å²) in [6, 6.07) is 17.1. The molecule has 2 aromatic carbocycles. The van der Waals surface area contributed by atoms with Gasteiger partial charge in [-0.25, -0.2) is 4.98 Å². The number of likely N-dealkylation sites (tertiary alicyclic amines) is 1. The second-order valence-electron chi connectivity index (χ2n) is 7.43. The average Bonchev–Trinajstić information content (AvgIpc) is 3.17. The smallest absolute Gasteiger partial charge is 0.247 e. The van der Waals surface area contributed by atoms with Crippen LogP contribution in [0.25, 0.3) is 11.0 Å². The lowest BCUT2D eigenvalue weighted by molar-refractivity contribution is -0.142. The van der Waals surface area contributed by atoms with Crippen molar-refractivity contribution >= 4 is 22.8 Å². The lowest BCUT2D eigenvalue weighted by Crippen LogP contribution is -2.46. The lowest BCUT2D eigenvalue weighted by atomic mass is 10.0. The van der Waals surface area contributed by atoms with E-state index in [9.17, 15) is 9.59 Å². The molecule has 150 valence electrons. The second kappa shape index (κ2) is 8.90. The minimum atomic E-state index is -0.557. The Labute approximate surface area is 170 Å². The predicted molar refractivity (Wildman–Crippen MR) is 112 cm³/mol. The maximum atomic E-state index is 13.0. The van der Waals surface area contributed by atoms with Crippen molar-refractivity contribution in [3.8, 4) is 0 Å². The van der Waals surface area contributed by atoms with E-state index in [1.165, 1.54) is 0 Å². The lowest BCUT2D eigenvalue weighted by Gasteiger charge is -2.34. The molecule has 0 radical (unpaired) electrons. The molecule has 1 atom stereocenters. The van der Waals surface area contributed by atoms with Crippen molar-refractivity contribution in [2.24, 2.45) is 0 Å². The van der Waals surface area contributed by atoms with Gasteiger partial charge < -0.3 is 14.8 Å². The van der Waals surface area contributed by atoms with E-state index < -0.39 is 6.04 Å². The summed E-state index contributed by atoms with van der Waals surface area (Å²) in [6.07, 6.45) is 4.99. The molecule has 4 rings (SSSR count). The first kappa shape index (κ1) is 19.2. The highest BCUT2D eigenvalue weighted by Gasteiger charge is 2.32. The molecule has 1 unspecified atom stereocenters. The number of amides is 2. The number of rotatable bonds is 7. The van der Waals surface area contributed by atoms with E-state index in [4.69, 9.17) is 0 Å². The number of carbonyl (C=O) groups is 2.